The van der Waals surface area contributed by atoms with Crippen molar-refractivity contribution in [3.63, 3.8) is 0 Å². The van der Waals surface area contributed by atoms with Crippen molar-refractivity contribution in [2.75, 3.05) is 0 Å². The lowest BCUT2D eigenvalue weighted by molar-refractivity contribution is -0.130. The van der Waals surface area contributed by atoms with Crippen molar-refractivity contribution >= 4 is 11.8 Å². The lowest BCUT2D eigenvalue weighted by Gasteiger charge is -2.31. The molecule has 3 fully saturated rings. The van der Waals surface area contributed by atoms with Gasteiger partial charge >= 0.3 is 0 Å². The molecule has 0 aromatic heterocycles. The average molecular weight is 306 g/mol. The fraction of sp³-hybridized carbons (Fsp3) is 0.889. The zero-order valence-corrected chi connectivity index (χ0v) is 13.9. The first-order valence-electron chi connectivity index (χ1n) is 9.12. The Bertz CT molecular complexity index is 431. The zero-order chi connectivity index (χ0) is 15.7. The highest BCUT2D eigenvalue weighted by Gasteiger charge is 2.42. The van der Waals surface area contributed by atoms with Crippen LogP contribution in [0.3, 0.4) is 0 Å². The van der Waals surface area contributed by atoms with Gasteiger partial charge in [-0.15, -0.1) is 0 Å². The summed E-state index contributed by atoms with van der Waals surface area (Å²) in [5.74, 6) is 2.61. The Balaban J connectivity index is 1.59. The first kappa shape index (κ1) is 15.8. The summed E-state index contributed by atoms with van der Waals surface area (Å²) in [5.41, 5.74) is 0. The molecule has 0 aromatic carbocycles. The van der Waals surface area contributed by atoms with E-state index in [-0.39, 0.29) is 23.9 Å². The highest BCUT2D eigenvalue weighted by atomic mass is 16.2. The molecule has 3 aliphatic rings. The Labute approximate surface area is 133 Å². The monoisotopic (exact) mass is 306 g/mol. The molecule has 2 bridgehead atoms. The second-order valence-corrected chi connectivity index (χ2v) is 7.86. The van der Waals surface area contributed by atoms with Gasteiger partial charge in [0.15, 0.2) is 0 Å². The number of amides is 2. The summed E-state index contributed by atoms with van der Waals surface area (Å²) < 4.78 is 0. The van der Waals surface area contributed by atoms with E-state index in [0.29, 0.717) is 11.8 Å². The van der Waals surface area contributed by atoms with Crippen LogP contribution in [-0.4, -0.2) is 23.9 Å². The minimum absolute atomic E-state index is 0.0392. The molecule has 5 atom stereocenters. The average Bonchev–Trinajstić information content (AvgIpc) is 3.20. The van der Waals surface area contributed by atoms with Gasteiger partial charge < -0.3 is 10.6 Å². The molecule has 0 unspecified atom stereocenters. The van der Waals surface area contributed by atoms with Gasteiger partial charge in [-0.25, -0.2) is 0 Å². The molecule has 4 heteroatoms. The van der Waals surface area contributed by atoms with Gasteiger partial charge in [0.05, 0.1) is 0 Å². The van der Waals surface area contributed by atoms with Crippen LogP contribution in [0.4, 0.5) is 0 Å². The standard InChI is InChI=1S/C18H30N2O2/c1-11(16-10-13-7-8-15(16)9-13)19-18(22)17(20-12(2)21)14-5-3-4-6-14/h11,13-17H,3-10H2,1-2H3,(H,19,22)(H,20,21)/t11-,13+,15+,16+,17+/m1/s1. The van der Waals surface area contributed by atoms with E-state index < -0.39 is 0 Å². The van der Waals surface area contributed by atoms with Gasteiger partial charge in [-0.3, -0.25) is 9.59 Å². The molecule has 22 heavy (non-hydrogen) atoms. The van der Waals surface area contributed by atoms with Gasteiger partial charge in [-0.1, -0.05) is 19.3 Å². The van der Waals surface area contributed by atoms with E-state index >= 15 is 0 Å². The third kappa shape index (κ3) is 3.31. The quantitative estimate of drug-likeness (QED) is 0.820. The summed E-state index contributed by atoms with van der Waals surface area (Å²) in [6, 6.07) is -0.0958. The predicted molar refractivity (Wildman–Crippen MR) is 86.1 cm³/mol. The van der Waals surface area contributed by atoms with Crippen LogP contribution in [0.5, 0.6) is 0 Å². The summed E-state index contributed by atoms with van der Waals surface area (Å²) in [6.45, 7) is 3.66. The first-order valence-corrected chi connectivity index (χ1v) is 9.12. The molecule has 3 rings (SSSR count). The van der Waals surface area contributed by atoms with Crippen molar-refractivity contribution in [3.05, 3.63) is 0 Å². The molecule has 3 saturated carbocycles. The van der Waals surface area contributed by atoms with Crippen LogP contribution in [-0.2, 0) is 9.59 Å². The van der Waals surface area contributed by atoms with Crippen molar-refractivity contribution in [2.24, 2.45) is 23.7 Å². The summed E-state index contributed by atoms with van der Waals surface area (Å²) in [5, 5.41) is 6.14. The number of rotatable bonds is 5. The lowest BCUT2D eigenvalue weighted by Crippen LogP contribution is -2.53. The zero-order valence-electron chi connectivity index (χ0n) is 13.9. The fourth-order valence-corrected chi connectivity index (χ4v) is 5.23. The van der Waals surface area contributed by atoms with Crippen molar-refractivity contribution in [1.82, 2.24) is 10.6 Å². The van der Waals surface area contributed by atoms with Crippen LogP contribution in [0, 0.1) is 23.7 Å². The van der Waals surface area contributed by atoms with E-state index in [2.05, 4.69) is 17.6 Å². The molecular weight excluding hydrogens is 276 g/mol. The maximum Gasteiger partial charge on any atom is 0.243 e. The summed E-state index contributed by atoms with van der Waals surface area (Å²) >= 11 is 0. The van der Waals surface area contributed by atoms with Crippen LogP contribution in [0.1, 0.15) is 65.2 Å². The van der Waals surface area contributed by atoms with Crippen molar-refractivity contribution in [2.45, 2.75) is 77.3 Å². The number of nitrogens with one attached hydrogen (secondary N) is 2. The van der Waals surface area contributed by atoms with Crippen molar-refractivity contribution in [1.29, 1.82) is 0 Å². The minimum Gasteiger partial charge on any atom is -0.352 e. The predicted octanol–water partition coefficient (Wildman–Crippen LogP) is 2.62. The molecule has 3 aliphatic carbocycles. The Hall–Kier alpha value is -1.06. The molecule has 0 spiro atoms. The van der Waals surface area contributed by atoms with E-state index in [9.17, 15) is 9.59 Å². The Morgan fingerprint density at radius 3 is 2.27 bits per heavy atom. The molecule has 2 amide bonds. The van der Waals surface area contributed by atoms with Crippen LogP contribution >= 0.6 is 0 Å². The molecular formula is C18H30N2O2. The second-order valence-electron chi connectivity index (χ2n) is 7.86. The third-order valence-electron chi connectivity index (χ3n) is 6.32. The van der Waals surface area contributed by atoms with Crippen LogP contribution in [0.2, 0.25) is 0 Å². The van der Waals surface area contributed by atoms with Gasteiger partial charge in [-0.2, -0.15) is 0 Å². The lowest BCUT2D eigenvalue weighted by atomic mass is 9.83. The Kier molecular flexibility index (Phi) is 4.74. The topological polar surface area (TPSA) is 58.2 Å². The molecule has 0 aliphatic heterocycles. The van der Waals surface area contributed by atoms with Crippen LogP contribution < -0.4 is 10.6 Å². The molecule has 124 valence electrons. The maximum atomic E-state index is 12.7. The second kappa shape index (κ2) is 6.59. The van der Waals surface area contributed by atoms with E-state index in [1.807, 2.05) is 0 Å². The summed E-state index contributed by atoms with van der Waals surface area (Å²) in [6.07, 6.45) is 9.84. The van der Waals surface area contributed by atoms with Gasteiger partial charge in [0.2, 0.25) is 11.8 Å². The number of hydrogen-bond donors (Lipinski definition) is 2. The Morgan fingerprint density at radius 2 is 1.73 bits per heavy atom. The van der Waals surface area contributed by atoms with Crippen molar-refractivity contribution < 1.29 is 9.59 Å². The van der Waals surface area contributed by atoms with Gasteiger partial charge in [0, 0.05) is 13.0 Å². The molecule has 0 heterocycles. The molecule has 0 saturated heterocycles. The SMILES string of the molecule is CC(=O)N[C@H](C(=O)N[C@H](C)[C@@H]1C[C@H]2CC[C@H]1C2)C1CCCC1. The number of carbonyl (C=O) groups is 2. The Morgan fingerprint density at radius 1 is 1.00 bits per heavy atom. The fourth-order valence-electron chi connectivity index (χ4n) is 5.23. The number of carbonyl (C=O) groups excluding carboxylic acids is 2. The third-order valence-corrected chi connectivity index (χ3v) is 6.32. The number of fused-ring (bicyclic) bond motifs is 2. The molecule has 4 nitrogen and oxygen atoms in total. The van der Waals surface area contributed by atoms with Gasteiger partial charge in [0.25, 0.3) is 0 Å². The smallest absolute Gasteiger partial charge is 0.243 e. The minimum atomic E-state index is -0.332. The van der Waals surface area contributed by atoms with Gasteiger partial charge in [0.1, 0.15) is 6.04 Å². The molecule has 0 aromatic rings. The highest BCUT2D eigenvalue weighted by Crippen LogP contribution is 2.49. The van der Waals surface area contributed by atoms with E-state index in [1.165, 1.54) is 45.4 Å². The summed E-state index contributed by atoms with van der Waals surface area (Å²) in [7, 11) is 0. The van der Waals surface area contributed by atoms with Crippen LogP contribution in [0.15, 0.2) is 0 Å². The summed E-state index contributed by atoms with van der Waals surface area (Å²) in [4.78, 5) is 24.2. The van der Waals surface area contributed by atoms with Crippen molar-refractivity contribution in [3.8, 4) is 0 Å². The molecule has 2 N–H and O–H groups in total. The van der Waals surface area contributed by atoms with Gasteiger partial charge in [-0.05, 0) is 62.7 Å². The maximum absolute atomic E-state index is 12.7. The first-order chi connectivity index (χ1) is 10.5. The van der Waals surface area contributed by atoms with Crippen LogP contribution in [0.25, 0.3) is 0 Å². The number of hydrogen-bond acceptors (Lipinski definition) is 2. The highest BCUT2D eigenvalue weighted by molar-refractivity contribution is 5.87. The molecule has 0 radical (unpaired) electrons. The largest absolute Gasteiger partial charge is 0.352 e. The van der Waals surface area contributed by atoms with E-state index in [1.54, 1.807) is 0 Å². The van der Waals surface area contributed by atoms with E-state index in [4.69, 9.17) is 0 Å². The normalized spacial score (nSPS) is 33.6. The van der Waals surface area contributed by atoms with E-state index in [0.717, 1.165) is 24.7 Å².